The monoisotopic (exact) mass is 426 g/mol. The number of hydrogen-bond donors (Lipinski definition) is 1. The molecule has 1 amide bonds. The van der Waals surface area contributed by atoms with E-state index in [9.17, 15) is 4.79 Å². The summed E-state index contributed by atoms with van der Waals surface area (Å²) in [5, 5.41) is 3.16. The number of carbonyl (C=O) groups excluding carboxylic acids is 1. The van der Waals surface area contributed by atoms with Crippen molar-refractivity contribution in [1.29, 1.82) is 0 Å². The fraction of sp³-hybridized carbons (Fsp3) is 0.480. The molecule has 1 atom stereocenters. The third kappa shape index (κ3) is 6.37. The Balaban J connectivity index is 1.63. The number of aryl methyl sites for hydroxylation is 1. The van der Waals surface area contributed by atoms with Crippen LogP contribution < -0.4 is 19.5 Å². The van der Waals surface area contributed by atoms with Crippen LogP contribution in [0.4, 0.5) is 0 Å². The number of amides is 1. The molecule has 6 nitrogen and oxygen atoms in total. The van der Waals surface area contributed by atoms with E-state index in [1.54, 1.807) is 21.3 Å². The van der Waals surface area contributed by atoms with E-state index < -0.39 is 0 Å². The Kier molecular flexibility index (Phi) is 8.59. The van der Waals surface area contributed by atoms with Crippen LogP contribution in [0.5, 0.6) is 17.2 Å². The summed E-state index contributed by atoms with van der Waals surface area (Å²) in [5.41, 5.74) is 2.15. The van der Waals surface area contributed by atoms with Crippen molar-refractivity contribution < 1.29 is 19.0 Å². The van der Waals surface area contributed by atoms with Crippen LogP contribution in [0.2, 0.25) is 0 Å². The van der Waals surface area contributed by atoms with Gasteiger partial charge in [-0.15, -0.1) is 0 Å². The second-order valence-corrected chi connectivity index (χ2v) is 7.88. The first-order valence-corrected chi connectivity index (χ1v) is 11.0. The molecular weight excluding hydrogens is 392 g/mol. The predicted octanol–water partition coefficient (Wildman–Crippen LogP) is 3.99. The first-order valence-electron chi connectivity index (χ1n) is 11.0. The van der Waals surface area contributed by atoms with Gasteiger partial charge in [-0.25, -0.2) is 0 Å². The molecule has 2 aromatic rings. The molecule has 0 radical (unpaired) electrons. The highest BCUT2D eigenvalue weighted by atomic mass is 16.5. The Labute approximate surface area is 185 Å². The fourth-order valence-electron chi connectivity index (χ4n) is 4.17. The fourth-order valence-corrected chi connectivity index (χ4v) is 4.17. The SMILES string of the molecule is COc1cc(CCC(=O)NCC(c2ccccc2OC)N2CCCCC2)cc(OC)c1. The number of nitrogens with one attached hydrogen (secondary N) is 1. The van der Waals surface area contributed by atoms with Crippen LogP contribution in [0.3, 0.4) is 0 Å². The third-order valence-electron chi connectivity index (χ3n) is 5.87. The average Bonchev–Trinajstić information content (AvgIpc) is 2.83. The van der Waals surface area contributed by atoms with Gasteiger partial charge in [0.1, 0.15) is 17.2 Å². The first-order chi connectivity index (χ1) is 15.1. The van der Waals surface area contributed by atoms with Crippen molar-refractivity contribution in [3.05, 3.63) is 53.6 Å². The first kappa shape index (κ1) is 22.9. The normalized spacial score (nSPS) is 15.2. The van der Waals surface area contributed by atoms with Crippen molar-refractivity contribution in [2.45, 2.75) is 38.1 Å². The van der Waals surface area contributed by atoms with Gasteiger partial charge < -0.3 is 19.5 Å². The van der Waals surface area contributed by atoms with Gasteiger partial charge in [0, 0.05) is 24.6 Å². The van der Waals surface area contributed by atoms with Crippen molar-refractivity contribution in [2.24, 2.45) is 0 Å². The lowest BCUT2D eigenvalue weighted by Gasteiger charge is -2.35. The quantitative estimate of drug-likeness (QED) is 0.623. The number of piperidine rings is 1. The van der Waals surface area contributed by atoms with E-state index in [1.807, 2.05) is 36.4 Å². The zero-order valence-electron chi connectivity index (χ0n) is 18.9. The zero-order chi connectivity index (χ0) is 22.1. The maximum atomic E-state index is 12.7. The molecule has 1 aliphatic rings. The van der Waals surface area contributed by atoms with Crippen molar-refractivity contribution in [1.82, 2.24) is 10.2 Å². The van der Waals surface area contributed by atoms with Crippen LogP contribution in [0, 0.1) is 0 Å². The maximum Gasteiger partial charge on any atom is 0.220 e. The Morgan fingerprint density at radius 2 is 1.65 bits per heavy atom. The minimum Gasteiger partial charge on any atom is -0.497 e. The van der Waals surface area contributed by atoms with Crippen LogP contribution >= 0.6 is 0 Å². The zero-order valence-corrected chi connectivity index (χ0v) is 18.9. The summed E-state index contributed by atoms with van der Waals surface area (Å²) in [4.78, 5) is 15.1. The smallest absolute Gasteiger partial charge is 0.220 e. The molecule has 0 aliphatic carbocycles. The molecule has 31 heavy (non-hydrogen) atoms. The number of carbonyl (C=O) groups is 1. The van der Waals surface area contributed by atoms with Crippen LogP contribution in [-0.4, -0.2) is 51.8 Å². The number of nitrogens with zero attached hydrogens (tertiary/aromatic N) is 1. The molecule has 1 heterocycles. The summed E-state index contributed by atoms with van der Waals surface area (Å²) < 4.78 is 16.3. The molecule has 0 spiro atoms. The molecule has 168 valence electrons. The molecule has 3 rings (SSSR count). The van der Waals surface area contributed by atoms with E-state index in [0.29, 0.717) is 19.4 Å². The Bertz CT molecular complexity index is 827. The van der Waals surface area contributed by atoms with Gasteiger partial charge in [0.15, 0.2) is 0 Å². The lowest BCUT2D eigenvalue weighted by atomic mass is 10.0. The lowest BCUT2D eigenvalue weighted by Crippen LogP contribution is -2.40. The number of rotatable bonds is 10. The maximum absolute atomic E-state index is 12.7. The minimum atomic E-state index is 0.0405. The highest BCUT2D eigenvalue weighted by molar-refractivity contribution is 5.76. The number of ether oxygens (including phenoxy) is 3. The predicted molar refractivity (Wildman–Crippen MR) is 122 cm³/mol. The number of hydrogen-bond acceptors (Lipinski definition) is 5. The van der Waals surface area contributed by atoms with E-state index in [2.05, 4.69) is 16.3 Å². The van der Waals surface area contributed by atoms with Crippen LogP contribution in [0.15, 0.2) is 42.5 Å². The number of likely N-dealkylation sites (tertiary alicyclic amines) is 1. The molecule has 0 saturated carbocycles. The van der Waals surface area contributed by atoms with Crippen molar-refractivity contribution in [3.8, 4) is 17.2 Å². The van der Waals surface area contributed by atoms with Crippen LogP contribution in [0.1, 0.15) is 42.9 Å². The molecular formula is C25H34N2O4. The highest BCUT2D eigenvalue weighted by Gasteiger charge is 2.25. The standard InChI is InChI=1S/C25H34N2O4/c1-29-20-15-19(16-21(17-20)30-2)11-12-25(28)26-18-23(27-13-7-4-8-14-27)22-9-5-6-10-24(22)31-3/h5-6,9-10,15-17,23H,4,7-8,11-14,18H2,1-3H3,(H,26,28). The molecule has 1 fully saturated rings. The second kappa shape index (κ2) is 11.6. The number of benzene rings is 2. The summed E-state index contributed by atoms with van der Waals surface area (Å²) in [6.45, 7) is 2.66. The summed E-state index contributed by atoms with van der Waals surface area (Å²) in [5.74, 6) is 2.38. The van der Waals surface area contributed by atoms with Crippen LogP contribution in [0.25, 0.3) is 0 Å². The third-order valence-corrected chi connectivity index (χ3v) is 5.87. The van der Waals surface area contributed by atoms with E-state index in [-0.39, 0.29) is 11.9 Å². The number of methoxy groups -OCH3 is 3. The van der Waals surface area contributed by atoms with Gasteiger partial charge in [-0.3, -0.25) is 9.69 Å². The largest absolute Gasteiger partial charge is 0.497 e. The molecule has 0 bridgehead atoms. The summed E-state index contributed by atoms with van der Waals surface area (Å²) in [6, 6.07) is 13.9. The molecule has 0 aromatic heterocycles. The lowest BCUT2D eigenvalue weighted by molar-refractivity contribution is -0.121. The topological polar surface area (TPSA) is 60.0 Å². The Morgan fingerprint density at radius 1 is 0.968 bits per heavy atom. The van der Waals surface area contributed by atoms with Gasteiger partial charge in [-0.05, 0) is 56.1 Å². The van der Waals surface area contributed by atoms with E-state index in [1.165, 1.54) is 19.3 Å². The van der Waals surface area contributed by atoms with Crippen molar-refractivity contribution in [2.75, 3.05) is 41.0 Å². The van der Waals surface area contributed by atoms with Crippen molar-refractivity contribution in [3.63, 3.8) is 0 Å². The molecule has 1 aliphatic heterocycles. The van der Waals surface area contributed by atoms with Gasteiger partial charge in [0.05, 0.1) is 27.4 Å². The Morgan fingerprint density at radius 3 is 2.29 bits per heavy atom. The van der Waals surface area contributed by atoms with Crippen molar-refractivity contribution >= 4 is 5.91 Å². The van der Waals surface area contributed by atoms with E-state index >= 15 is 0 Å². The van der Waals surface area contributed by atoms with Crippen LogP contribution in [-0.2, 0) is 11.2 Å². The van der Waals surface area contributed by atoms with Gasteiger partial charge in [0.25, 0.3) is 0 Å². The van der Waals surface area contributed by atoms with Gasteiger partial charge >= 0.3 is 0 Å². The Hall–Kier alpha value is -2.73. The number of para-hydroxylation sites is 1. The molecule has 2 aromatic carbocycles. The molecule has 1 unspecified atom stereocenters. The minimum absolute atomic E-state index is 0.0405. The molecule has 1 N–H and O–H groups in total. The van der Waals surface area contributed by atoms with Gasteiger partial charge in [0.2, 0.25) is 5.91 Å². The van der Waals surface area contributed by atoms with E-state index in [4.69, 9.17) is 14.2 Å². The summed E-state index contributed by atoms with van der Waals surface area (Å²) in [6.07, 6.45) is 4.69. The second-order valence-electron chi connectivity index (χ2n) is 7.88. The van der Waals surface area contributed by atoms with Gasteiger partial charge in [-0.2, -0.15) is 0 Å². The van der Waals surface area contributed by atoms with Gasteiger partial charge in [-0.1, -0.05) is 24.6 Å². The molecule has 1 saturated heterocycles. The average molecular weight is 427 g/mol. The molecule has 6 heteroatoms. The summed E-state index contributed by atoms with van der Waals surface area (Å²) in [7, 11) is 4.96. The summed E-state index contributed by atoms with van der Waals surface area (Å²) >= 11 is 0. The highest BCUT2D eigenvalue weighted by Crippen LogP contribution is 2.31. The van der Waals surface area contributed by atoms with E-state index in [0.717, 1.165) is 41.5 Å².